The quantitative estimate of drug-likeness (QED) is 0.786. The summed E-state index contributed by atoms with van der Waals surface area (Å²) in [6, 6.07) is 9.23. The Morgan fingerprint density at radius 3 is 2.36 bits per heavy atom. The normalized spacial score (nSPS) is 10.7. The third kappa shape index (κ3) is 3.60. The summed E-state index contributed by atoms with van der Waals surface area (Å²) in [6.45, 7) is 0. The molecule has 0 aromatic heterocycles. The van der Waals surface area contributed by atoms with Crippen LogP contribution in [0.15, 0.2) is 42.5 Å². The molecule has 1 N–H and O–H groups in total. The van der Waals surface area contributed by atoms with Gasteiger partial charge in [0.1, 0.15) is 0 Å². The second-order valence-electron chi connectivity index (χ2n) is 4.29. The fourth-order valence-corrected chi connectivity index (χ4v) is 2.18. The molecule has 2 aromatic carbocycles. The highest BCUT2D eigenvalue weighted by atomic mass is 35.5. The maximum Gasteiger partial charge on any atom is 0.417 e. The smallest absolute Gasteiger partial charge is 0.417 e. The average Bonchev–Trinajstić information content (AvgIpc) is 2.44. The van der Waals surface area contributed by atoms with Gasteiger partial charge in [-0.1, -0.05) is 41.8 Å². The molecule has 0 saturated carbocycles. The average molecular weight is 325 g/mol. The highest BCUT2D eigenvalue weighted by Crippen LogP contribution is 2.39. The van der Waals surface area contributed by atoms with E-state index in [1.807, 2.05) is 5.92 Å². The van der Waals surface area contributed by atoms with Crippen molar-refractivity contribution in [3.63, 3.8) is 0 Å². The zero-order valence-electron chi connectivity index (χ0n) is 10.9. The van der Waals surface area contributed by atoms with E-state index in [9.17, 15) is 18.0 Å². The highest BCUT2D eigenvalue weighted by molar-refractivity contribution is 6.33. The number of rotatable bonds is 1. The first-order chi connectivity index (χ1) is 10.3. The van der Waals surface area contributed by atoms with Crippen LogP contribution in [0.3, 0.4) is 0 Å². The van der Waals surface area contributed by atoms with Crippen molar-refractivity contribution >= 4 is 17.6 Å². The van der Waals surface area contributed by atoms with Crippen molar-refractivity contribution in [3.8, 4) is 23.0 Å². The summed E-state index contributed by atoms with van der Waals surface area (Å²) < 4.78 is 39.1. The van der Waals surface area contributed by atoms with Crippen molar-refractivity contribution in [2.24, 2.45) is 0 Å². The van der Waals surface area contributed by atoms with Gasteiger partial charge in [0, 0.05) is 22.1 Å². The van der Waals surface area contributed by atoms with Crippen molar-refractivity contribution in [2.45, 2.75) is 6.18 Å². The van der Waals surface area contributed by atoms with Gasteiger partial charge in [-0.15, -0.1) is 0 Å². The molecule has 0 amide bonds. The minimum Gasteiger partial charge on any atom is -0.472 e. The van der Waals surface area contributed by atoms with Crippen LogP contribution in [0.4, 0.5) is 13.2 Å². The van der Waals surface area contributed by atoms with Gasteiger partial charge in [-0.05, 0) is 23.8 Å². The summed E-state index contributed by atoms with van der Waals surface area (Å²) in [6.07, 6.45) is -4.50. The van der Waals surface area contributed by atoms with Gasteiger partial charge in [-0.3, -0.25) is 0 Å². The van der Waals surface area contributed by atoms with Crippen LogP contribution in [0.25, 0.3) is 11.1 Å². The van der Waals surface area contributed by atoms with Gasteiger partial charge in [0.15, 0.2) is 0 Å². The van der Waals surface area contributed by atoms with E-state index in [0.717, 1.165) is 6.07 Å². The van der Waals surface area contributed by atoms with Crippen LogP contribution in [-0.2, 0) is 11.0 Å². The Kier molecular flexibility index (Phi) is 4.43. The van der Waals surface area contributed by atoms with Gasteiger partial charge in [0.05, 0.1) is 5.56 Å². The van der Waals surface area contributed by atoms with E-state index in [-0.39, 0.29) is 16.1 Å². The first-order valence-electron chi connectivity index (χ1n) is 6.00. The summed E-state index contributed by atoms with van der Waals surface area (Å²) >= 11 is 6.02. The topological polar surface area (TPSA) is 37.3 Å². The molecule has 0 aliphatic rings. The molecule has 0 fully saturated rings. The van der Waals surface area contributed by atoms with Gasteiger partial charge < -0.3 is 5.11 Å². The van der Waals surface area contributed by atoms with E-state index in [0.29, 0.717) is 5.56 Å². The molecule has 22 heavy (non-hydrogen) atoms. The van der Waals surface area contributed by atoms with Crippen LogP contribution in [0.2, 0.25) is 5.02 Å². The second-order valence-corrected chi connectivity index (χ2v) is 4.70. The van der Waals surface area contributed by atoms with E-state index in [2.05, 4.69) is 5.92 Å². The van der Waals surface area contributed by atoms with E-state index in [4.69, 9.17) is 16.7 Å². The van der Waals surface area contributed by atoms with E-state index < -0.39 is 17.7 Å². The fraction of sp³-hybridized carbons (Fsp3) is 0.0625. The lowest BCUT2D eigenvalue weighted by atomic mass is 9.98. The standard InChI is InChI=1S/C16H8ClF3O2/c17-14-9-10(6-8-15(21)22)5-7-12(14)11-3-1-2-4-13(11)16(18,19)20/h1-5,7,9H,(H,21,22). The molecule has 0 unspecified atom stereocenters. The number of benzene rings is 2. The fourth-order valence-electron chi connectivity index (χ4n) is 1.90. The molecule has 2 aromatic rings. The molecule has 2 rings (SSSR count). The lowest BCUT2D eigenvalue weighted by Crippen LogP contribution is -2.07. The minimum atomic E-state index is -4.50. The molecule has 112 valence electrons. The van der Waals surface area contributed by atoms with Crippen molar-refractivity contribution in [2.75, 3.05) is 0 Å². The summed E-state index contributed by atoms with van der Waals surface area (Å²) in [5.41, 5.74) is -0.324. The van der Waals surface area contributed by atoms with Crippen molar-refractivity contribution < 1.29 is 23.1 Å². The number of hydrogen-bond donors (Lipinski definition) is 1. The van der Waals surface area contributed by atoms with E-state index in [1.165, 1.54) is 36.4 Å². The summed E-state index contributed by atoms with van der Waals surface area (Å²) in [4.78, 5) is 10.4. The van der Waals surface area contributed by atoms with Gasteiger partial charge in [-0.2, -0.15) is 13.2 Å². The Bertz CT molecular complexity index is 786. The van der Waals surface area contributed by atoms with Gasteiger partial charge in [0.2, 0.25) is 0 Å². The first-order valence-corrected chi connectivity index (χ1v) is 6.38. The Morgan fingerprint density at radius 1 is 1.09 bits per heavy atom. The number of hydrogen-bond acceptors (Lipinski definition) is 1. The third-order valence-corrected chi connectivity index (χ3v) is 3.12. The van der Waals surface area contributed by atoms with Gasteiger partial charge >= 0.3 is 12.1 Å². The largest absolute Gasteiger partial charge is 0.472 e. The Balaban J connectivity index is 2.52. The molecule has 0 saturated heterocycles. The molecule has 0 spiro atoms. The Morgan fingerprint density at radius 2 is 1.77 bits per heavy atom. The lowest BCUT2D eigenvalue weighted by Gasteiger charge is -2.13. The number of carboxylic acid groups (broad SMARTS) is 1. The summed E-state index contributed by atoms with van der Waals surface area (Å²) in [5, 5.41) is 8.53. The van der Waals surface area contributed by atoms with Gasteiger partial charge in [-0.25, -0.2) is 4.79 Å². The molecule has 0 atom stereocenters. The van der Waals surface area contributed by atoms with Gasteiger partial charge in [0.25, 0.3) is 0 Å². The van der Waals surface area contributed by atoms with Crippen LogP contribution in [0.5, 0.6) is 0 Å². The lowest BCUT2D eigenvalue weighted by molar-refractivity contribution is -0.137. The minimum absolute atomic E-state index is 0.0438. The van der Waals surface area contributed by atoms with Crippen molar-refractivity contribution in [1.29, 1.82) is 0 Å². The molecule has 2 nitrogen and oxygen atoms in total. The first kappa shape index (κ1) is 15.9. The number of aliphatic carboxylic acids is 1. The Hall–Kier alpha value is -2.45. The van der Waals surface area contributed by atoms with Crippen LogP contribution in [0.1, 0.15) is 11.1 Å². The van der Waals surface area contributed by atoms with E-state index >= 15 is 0 Å². The molecule has 0 bridgehead atoms. The maximum atomic E-state index is 13.0. The maximum absolute atomic E-state index is 13.0. The van der Waals surface area contributed by atoms with Crippen molar-refractivity contribution in [1.82, 2.24) is 0 Å². The molecule has 0 aliphatic carbocycles. The second kappa shape index (κ2) is 6.12. The monoisotopic (exact) mass is 324 g/mol. The van der Waals surface area contributed by atoms with Crippen LogP contribution >= 0.6 is 11.6 Å². The summed E-state index contributed by atoms with van der Waals surface area (Å²) in [5.74, 6) is 2.96. The highest BCUT2D eigenvalue weighted by Gasteiger charge is 2.33. The third-order valence-electron chi connectivity index (χ3n) is 2.81. The number of carbonyl (C=O) groups is 1. The molecule has 0 radical (unpaired) electrons. The van der Waals surface area contributed by atoms with Crippen LogP contribution in [0, 0.1) is 11.8 Å². The van der Waals surface area contributed by atoms with E-state index in [1.54, 1.807) is 0 Å². The molecule has 6 heteroatoms. The Labute approximate surface area is 129 Å². The number of carboxylic acids is 1. The van der Waals surface area contributed by atoms with Crippen LogP contribution < -0.4 is 0 Å². The predicted octanol–water partition coefficient (Wildman–Crippen LogP) is 4.46. The molecule has 0 aliphatic heterocycles. The molecule has 0 heterocycles. The zero-order valence-corrected chi connectivity index (χ0v) is 11.7. The number of alkyl halides is 3. The number of halogens is 4. The van der Waals surface area contributed by atoms with Crippen LogP contribution in [-0.4, -0.2) is 11.1 Å². The SMILES string of the molecule is O=C(O)C#Cc1ccc(-c2ccccc2C(F)(F)F)c(Cl)c1. The summed E-state index contributed by atoms with van der Waals surface area (Å²) in [7, 11) is 0. The molecular weight excluding hydrogens is 317 g/mol. The van der Waals surface area contributed by atoms with Crippen molar-refractivity contribution in [3.05, 3.63) is 58.6 Å². The molecular formula is C16H8ClF3O2. The predicted molar refractivity (Wildman–Crippen MR) is 76.4 cm³/mol. The zero-order chi connectivity index (χ0) is 16.3.